The minimum atomic E-state index is -0.535. The first kappa shape index (κ1) is 17.2. The maximum atomic E-state index is 12.7. The van der Waals surface area contributed by atoms with Gasteiger partial charge in [-0.1, -0.05) is 32.4 Å². The van der Waals surface area contributed by atoms with Crippen LogP contribution in [0.1, 0.15) is 49.9 Å². The van der Waals surface area contributed by atoms with E-state index in [2.05, 4.69) is 17.2 Å². The SMILES string of the molecule is CCCNC(=O)C1(CCC)C=c2ccc(C(N)=O)cc2=NCC1. The van der Waals surface area contributed by atoms with E-state index >= 15 is 0 Å². The molecular formula is C18H25N3O2. The van der Waals surface area contributed by atoms with Crippen LogP contribution in [-0.4, -0.2) is 24.9 Å². The van der Waals surface area contributed by atoms with Gasteiger partial charge in [0, 0.05) is 18.7 Å². The fourth-order valence-corrected chi connectivity index (χ4v) is 3.05. The molecule has 23 heavy (non-hydrogen) atoms. The third kappa shape index (κ3) is 3.78. The summed E-state index contributed by atoms with van der Waals surface area (Å²) in [7, 11) is 0. The van der Waals surface area contributed by atoms with Crippen molar-refractivity contribution in [3.05, 3.63) is 34.3 Å². The number of nitrogens with zero attached hydrogens (tertiary/aromatic N) is 1. The molecule has 0 aliphatic carbocycles. The number of amides is 2. The van der Waals surface area contributed by atoms with Gasteiger partial charge >= 0.3 is 0 Å². The summed E-state index contributed by atoms with van der Waals surface area (Å²) >= 11 is 0. The van der Waals surface area contributed by atoms with E-state index in [-0.39, 0.29) is 5.91 Å². The van der Waals surface area contributed by atoms with Gasteiger partial charge < -0.3 is 11.1 Å². The van der Waals surface area contributed by atoms with E-state index in [1.54, 1.807) is 12.1 Å². The van der Waals surface area contributed by atoms with Crippen LogP contribution in [0.15, 0.2) is 23.2 Å². The first-order valence-corrected chi connectivity index (χ1v) is 8.28. The molecule has 2 rings (SSSR count). The van der Waals surface area contributed by atoms with Gasteiger partial charge in [0.15, 0.2) is 0 Å². The number of hydrogen-bond acceptors (Lipinski definition) is 3. The monoisotopic (exact) mass is 315 g/mol. The zero-order valence-corrected chi connectivity index (χ0v) is 13.9. The molecule has 1 atom stereocenters. The van der Waals surface area contributed by atoms with Gasteiger partial charge in [0.1, 0.15) is 0 Å². The molecule has 0 spiro atoms. The Bertz CT molecular complexity index is 711. The molecule has 0 aromatic heterocycles. The highest BCUT2D eigenvalue weighted by Gasteiger charge is 2.35. The van der Waals surface area contributed by atoms with Crippen molar-refractivity contribution in [2.45, 2.75) is 39.5 Å². The summed E-state index contributed by atoms with van der Waals surface area (Å²) in [5.41, 5.74) is 5.24. The normalized spacial score (nSPS) is 19.7. The van der Waals surface area contributed by atoms with Crippen LogP contribution in [0.4, 0.5) is 0 Å². The molecule has 0 bridgehead atoms. The number of nitrogens with two attached hydrogens (primary N) is 1. The summed E-state index contributed by atoms with van der Waals surface area (Å²) in [5, 5.41) is 4.66. The van der Waals surface area contributed by atoms with Crippen molar-refractivity contribution < 1.29 is 9.59 Å². The van der Waals surface area contributed by atoms with Gasteiger partial charge in [-0.25, -0.2) is 0 Å². The smallest absolute Gasteiger partial charge is 0.248 e. The topological polar surface area (TPSA) is 84.5 Å². The van der Waals surface area contributed by atoms with Gasteiger partial charge in [0.25, 0.3) is 0 Å². The van der Waals surface area contributed by atoms with Crippen LogP contribution in [0, 0.1) is 5.41 Å². The Morgan fingerprint density at radius 3 is 2.74 bits per heavy atom. The molecule has 2 amide bonds. The summed E-state index contributed by atoms with van der Waals surface area (Å²) in [6, 6.07) is 5.24. The van der Waals surface area contributed by atoms with Crippen molar-refractivity contribution >= 4 is 17.9 Å². The summed E-state index contributed by atoms with van der Waals surface area (Å²) in [4.78, 5) is 28.6. The second-order valence-electron chi connectivity index (χ2n) is 6.08. The highest BCUT2D eigenvalue weighted by atomic mass is 16.2. The van der Waals surface area contributed by atoms with Crippen LogP contribution in [0.5, 0.6) is 0 Å². The van der Waals surface area contributed by atoms with E-state index < -0.39 is 11.3 Å². The molecule has 3 N–H and O–H groups in total. The molecule has 124 valence electrons. The Kier molecular flexibility index (Phi) is 5.53. The molecule has 0 saturated heterocycles. The van der Waals surface area contributed by atoms with Crippen LogP contribution in [-0.2, 0) is 4.79 Å². The van der Waals surface area contributed by atoms with E-state index in [4.69, 9.17) is 5.73 Å². The van der Waals surface area contributed by atoms with Crippen LogP contribution < -0.4 is 21.6 Å². The maximum Gasteiger partial charge on any atom is 0.248 e. The molecule has 5 nitrogen and oxygen atoms in total. The average molecular weight is 315 g/mol. The zero-order chi connectivity index (χ0) is 16.9. The molecule has 5 heteroatoms. The second-order valence-corrected chi connectivity index (χ2v) is 6.08. The summed E-state index contributed by atoms with van der Waals surface area (Å²) in [6.07, 6.45) is 5.33. The van der Waals surface area contributed by atoms with Gasteiger partial charge in [0.05, 0.1) is 10.8 Å². The lowest BCUT2D eigenvalue weighted by Gasteiger charge is -2.28. The van der Waals surface area contributed by atoms with Crippen molar-refractivity contribution in [3.63, 3.8) is 0 Å². The lowest BCUT2D eigenvalue weighted by Crippen LogP contribution is -2.41. The number of carbonyl (C=O) groups is 2. The van der Waals surface area contributed by atoms with Gasteiger partial charge in [-0.2, -0.15) is 0 Å². The molecule has 0 fully saturated rings. The van der Waals surface area contributed by atoms with E-state index in [0.717, 1.165) is 29.8 Å². The summed E-state index contributed by atoms with van der Waals surface area (Å²) < 4.78 is 0. The maximum absolute atomic E-state index is 12.7. The van der Waals surface area contributed by atoms with Gasteiger partial charge in [-0.15, -0.1) is 0 Å². The Hall–Kier alpha value is -2.17. The number of benzene rings is 1. The molecule has 0 saturated carbocycles. The third-order valence-corrected chi connectivity index (χ3v) is 4.27. The van der Waals surface area contributed by atoms with Gasteiger partial charge in [-0.05, 0) is 36.6 Å². The molecule has 1 aromatic carbocycles. The number of carbonyl (C=O) groups excluding carboxylic acids is 2. The molecule has 1 aliphatic heterocycles. The molecule has 1 unspecified atom stereocenters. The van der Waals surface area contributed by atoms with Crippen LogP contribution in [0.2, 0.25) is 0 Å². The fourth-order valence-electron chi connectivity index (χ4n) is 3.05. The van der Waals surface area contributed by atoms with Crippen LogP contribution >= 0.6 is 0 Å². The van der Waals surface area contributed by atoms with E-state index in [9.17, 15) is 9.59 Å². The van der Waals surface area contributed by atoms with E-state index in [0.29, 0.717) is 25.1 Å². The predicted octanol–water partition coefficient (Wildman–Crippen LogP) is 0.902. The zero-order valence-electron chi connectivity index (χ0n) is 13.9. The standard InChI is InChI=1S/C18H25N3O2/c1-3-7-18(17(23)21-9-4-2)8-10-20-15-11-13(16(19)22)5-6-14(15)12-18/h5-6,11-12H,3-4,7-10H2,1-2H3,(H2,19,22)(H,21,23). The first-order chi connectivity index (χ1) is 11.0. The second kappa shape index (κ2) is 7.40. The van der Waals surface area contributed by atoms with Crippen molar-refractivity contribution in [2.75, 3.05) is 13.1 Å². The van der Waals surface area contributed by atoms with Crippen LogP contribution in [0.25, 0.3) is 6.08 Å². The molecule has 1 aliphatic rings. The van der Waals surface area contributed by atoms with E-state index in [1.807, 2.05) is 19.1 Å². The van der Waals surface area contributed by atoms with Crippen LogP contribution in [0.3, 0.4) is 0 Å². The quantitative estimate of drug-likeness (QED) is 0.817. The minimum Gasteiger partial charge on any atom is -0.366 e. The lowest BCUT2D eigenvalue weighted by atomic mass is 9.78. The summed E-state index contributed by atoms with van der Waals surface area (Å²) in [6.45, 7) is 5.37. The number of primary amides is 1. The molecule has 0 radical (unpaired) electrons. The molecule has 1 heterocycles. The van der Waals surface area contributed by atoms with Gasteiger partial charge in [-0.3, -0.25) is 14.6 Å². The Balaban J connectivity index is 2.51. The lowest BCUT2D eigenvalue weighted by molar-refractivity contribution is -0.128. The van der Waals surface area contributed by atoms with Crippen molar-refractivity contribution in [2.24, 2.45) is 16.1 Å². The van der Waals surface area contributed by atoms with Crippen molar-refractivity contribution in [3.8, 4) is 0 Å². The molecular weight excluding hydrogens is 290 g/mol. The third-order valence-electron chi connectivity index (χ3n) is 4.27. The Labute approximate surface area is 136 Å². The number of nitrogens with one attached hydrogen (secondary N) is 1. The number of rotatable bonds is 6. The predicted molar refractivity (Wildman–Crippen MR) is 90.3 cm³/mol. The average Bonchev–Trinajstić information content (AvgIpc) is 2.71. The van der Waals surface area contributed by atoms with Gasteiger partial charge in [0.2, 0.25) is 11.8 Å². The highest BCUT2D eigenvalue weighted by molar-refractivity contribution is 5.93. The number of fused-ring (bicyclic) bond motifs is 1. The van der Waals surface area contributed by atoms with Crippen molar-refractivity contribution in [1.29, 1.82) is 0 Å². The minimum absolute atomic E-state index is 0.0724. The molecule has 1 aromatic rings. The number of hydrogen-bond donors (Lipinski definition) is 2. The largest absolute Gasteiger partial charge is 0.366 e. The first-order valence-electron chi connectivity index (χ1n) is 8.28. The Morgan fingerprint density at radius 1 is 1.30 bits per heavy atom. The van der Waals surface area contributed by atoms with Crippen molar-refractivity contribution in [1.82, 2.24) is 5.32 Å². The Morgan fingerprint density at radius 2 is 2.09 bits per heavy atom. The highest BCUT2D eigenvalue weighted by Crippen LogP contribution is 2.31. The fraction of sp³-hybridized carbons (Fsp3) is 0.500. The van der Waals surface area contributed by atoms with E-state index in [1.165, 1.54) is 0 Å². The summed E-state index contributed by atoms with van der Waals surface area (Å²) in [5.74, 6) is -0.393.